The van der Waals surface area contributed by atoms with Gasteiger partial charge in [-0.05, 0) is 25.7 Å². The van der Waals surface area contributed by atoms with Gasteiger partial charge in [0.2, 0.25) is 0 Å². The van der Waals surface area contributed by atoms with E-state index in [4.69, 9.17) is 0 Å². The molecule has 0 bridgehead atoms. The molecule has 0 amide bonds. The van der Waals surface area contributed by atoms with E-state index in [-0.39, 0.29) is 0 Å². The maximum absolute atomic E-state index is 3.88. The predicted molar refractivity (Wildman–Crippen MR) is 48.0 cm³/mol. The SMILES string of the molecule is C=CC(CCC)CC(=C)C. The van der Waals surface area contributed by atoms with Crippen molar-refractivity contribution in [1.82, 2.24) is 0 Å². The average Bonchev–Trinajstić information content (AvgIpc) is 1.86. The Morgan fingerprint density at radius 1 is 1.60 bits per heavy atom. The van der Waals surface area contributed by atoms with E-state index in [9.17, 15) is 0 Å². The van der Waals surface area contributed by atoms with Crippen molar-refractivity contribution in [2.45, 2.75) is 33.1 Å². The van der Waals surface area contributed by atoms with Crippen LogP contribution in [0.15, 0.2) is 24.8 Å². The Hall–Kier alpha value is -0.520. The molecule has 0 aromatic carbocycles. The molecule has 0 radical (unpaired) electrons. The van der Waals surface area contributed by atoms with Gasteiger partial charge in [-0.1, -0.05) is 25.0 Å². The standard InChI is InChI=1S/C10H18/c1-5-7-10(6-2)8-9(3)4/h6,10H,2-3,5,7-8H2,1,4H3. The van der Waals surface area contributed by atoms with Crippen LogP contribution in [0.1, 0.15) is 33.1 Å². The normalized spacial score (nSPS) is 12.6. The predicted octanol–water partition coefficient (Wildman–Crippen LogP) is 3.55. The highest BCUT2D eigenvalue weighted by molar-refractivity contribution is 4.95. The molecule has 0 N–H and O–H groups in total. The molecule has 0 fully saturated rings. The smallest absolute Gasteiger partial charge is 0.0199 e. The molecule has 10 heavy (non-hydrogen) atoms. The average molecular weight is 138 g/mol. The zero-order chi connectivity index (χ0) is 7.98. The molecule has 0 saturated carbocycles. The minimum absolute atomic E-state index is 0.655. The van der Waals surface area contributed by atoms with Crippen LogP contribution in [0.3, 0.4) is 0 Å². The van der Waals surface area contributed by atoms with Gasteiger partial charge in [0.25, 0.3) is 0 Å². The summed E-state index contributed by atoms with van der Waals surface area (Å²) in [5, 5.41) is 0. The Morgan fingerprint density at radius 2 is 2.20 bits per heavy atom. The Labute approximate surface area is 64.6 Å². The zero-order valence-corrected chi connectivity index (χ0v) is 7.19. The summed E-state index contributed by atoms with van der Waals surface area (Å²) >= 11 is 0. The van der Waals surface area contributed by atoms with Crippen LogP contribution < -0.4 is 0 Å². The second-order valence-corrected chi connectivity index (χ2v) is 2.95. The van der Waals surface area contributed by atoms with Crippen molar-refractivity contribution >= 4 is 0 Å². The van der Waals surface area contributed by atoms with Crippen LogP contribution >= 0.6 is 0 Å². The molecule has 0 aliphatic carbocycles. The fourth-order valence-corrected chi connectivity index (χ4v) is 1.12. The number of hydrogen-bond acceptors (Lipinski definition) is 0. The first-order valence-electron chi connectivity index (χ1n) is 3.97. The number of hydrogen-bond donors (Lipinski definition) is 0. The Kier molecular flexibility index (Phi) is 5.00. The van der Waals surface area contributed by atoms with Gasteiger partial charge in [-0.3, -0.25) is 0 Å². The molecule has 0 aromatic heterocycles. The van der Waals surface area contributed by atoms with Gasteiger partial charge >= 0.3 is 0 Å². The molecule has 0 heteroatoms. The van der Waals surface area contributed by atoms with Crippen LogP contribution in [0.5, 0.6) is 0 Å². The van der Waals surface area contributed by atoms with E-state index >= 15 is 0 Å². The van der Waals surface area contributed by atoms with E-state index < -0.39 is 0 Å². The Balaban J connectivity index is 3.59. The Morgan fingerprint density at radius 3 is 2.50 bits per heavy atom. The highest BCUT2D eigenvalue weighted by Crippen LogP contribution is 2.15. The van der Waals surface area contributed by atoms with Crippen molar-refractivity contribution in [2.24, 2.45) is 5.92 Å². The van der Waals surface area contributed by atoms with Crippen LogP contribution in [0.2, 0.25) is 0 Å². The second kappa shape index (κ2) is 5.28. The molecule has 0 aliphatic rings. The van der Waals surface area contributed by atoms with Gasteiger partial charge in [-0.15, -0.1) is 13.2 Å². The maximum atomic E-state index is 3.88. The summed E-state index contributed by atoms with van der Waals surface area (Å²) in [6.07, 6.45) is 5.63. The largest absolute Gasteiger partial charge is 0.103 e. The van der Waals surface area contributed by atoms with Crippen molar-refractivity contribution in [1.29, 1.82) is 0 Å². The fourth-order valence-electron chi connectivity index (χ4n) is 1.12. The maximum Gasteiger partial charge on any atom is -0.0199 e. The summed E-state index contributed by atoms with van der Waals surface area (Å²) in [5.41, 5.74) is 1.26. The lowest BCUT2D eigenvalue weighted by Gasteiger charge is -2.09. The van der Waals surface area contributed by atoms with Crippen molar-refractivity contribution in [3.63, 3.8) is 0 Å². The molecule has 0 spiro atoms. The first-order chi connectivity index (χ1) is 4.70. The lowest BCUT2D eigenvalue weighted by molar-refractivity contribution is 0.577. The van der Waals surface area contributed by atoms with Crippen molar-refractivity contribution in [3.8, 4) is 0 Å². The third-order valence-electron chi connectivity index (χ3n) is 1.60. The van der Waals surface area contributed by atoms with Crippen LogP contribution in [-0.2, 0) is 0 Å². The first kappa shape index (κ1) is 9.48. The van der Waals surface area contributed by atoms with Gasteiger partial charge < -0.3 is 0 Å². The van der Waals surface area contributed by atoms with E-state index in [0.717, 1.165) is 6.42 Å². The molecular weight excluding hydrogens is 120 g/mol. The third kappa shape index (κ3) is 4.37. The van der Waals surface area contributed by atoms with Crippen molar-refractivity contribution < 1.29 is 0 Å². The highest BCUT2D eigenvalue weighted by atomic mass is 14.1. The minimum Gasteiger partial charge on any atom is -0.103 e. The van der Waals surface area contributed by atoms with E-state index in [1.165, 1.54) is 18.4 Å². The molecule has 1 unspecified atom stereocenters. The van der Waals surface area contributed by atoms with Gasteiger partial charge in [0.15, 0.2) is 0 Å². The molecular formula is C10H18. The van der Waals surface area contributed by atoms with E-state index in [1.54, 1.807) is 0 Å². The summed E-state index contributed by atoms with van der Waals surface area (Å²) in [4.78, 5) is 0. The fraction of sp³-hybridized carbons (Fsp3) is 0.600. The molecule has 1 atom stereocenters. The van der Waals surface area contributed by atoms with Crippen LogP contribution in [0.25, 0.3) is 0 Å². The lowest BCUT2D eigenvalue weighted by Crippen LogP contribution is -1.95. The summed E-state index contributed by atoms with van der Waals surface area (Å²) in [7, 11) is 0. The van der Waals surface area contributed by atoms with Gasteiger partial charge in [0.05, 0.1) is 0 Å². The van der Waals surface area contributed by atoms with Crippen LogP contribution in [0, 0.1) is 5.92 Å². The molecule has 0 nitrogen and oxygen atoms in total. The van der Waals surface area contributed by atoms with Gasteiger partial charge in [0.1, 0.15) is 0 Å². The van der Waals surface area contributed by atoms with Crippen molar-refractivity contribution in [2.75, 3.05) is 0 Å². The number of allylic oxidation sites excluding steroid dienone is 2. The molecule has 0 heterocycles. The van der Waals surface area contributed by atoms with Crippen LogP contribution in [-0.4, -0.2) is 0 Å². The van der Waals surface area contributed by atoms with Gasteiger partial charge in [-0.2, -0.15) is 0 Å². The lowest BCUT2D eigenvalue weighted by atomic mass is 9.97. The first-order valence-corrected chi connectivity index (χ1v) is 3.97. The molecule has 58 valence electrons. The third-order valence-corrected chi connectivity index (χ3v) is 1.60. The van der Waals surface area contributed by atoms with E-state index in [1.807, 2.05) is 6.08 Å². The van der Waals surface area contributed by atoms with E-state index in [2.05, 4.69) is 27.0 Å². The molecule has 0 aromatic rings. The van der Waals surface area contributed by atoms with Crippen molar-refractivity contribution in [3.05, 3.63) is 24.8 Å². The second-order valence-electron chi connectivity index (χ2n) is 2.95. The topological polar surface area (TPSA) is 0 Å². The van der Waals surface area contributed by atoms with E-state index in [0.29, 0.717) is 5.92 Å². The quantitative estimate of drug-likeness (QED) is 0.510. The van der Waals surface area contributed by atoms with Crippen LogP contribution in [0.4, 0.5) is 0 Å². The monoisotopic (exact) mass is 138 g/mol. The van der Waals surface area contributed by atoms with Gasteiger partial charge in [-0.25, -0.2) is 0 Å². The summed E-state index contributed by atoms with van der Waals surface area (Å²) in [5.74, 6) is 0.655. The minimum atomic E-state index is 0.655. The molecule has 0 aliphatic heterocycles. The summed E-state index contributed by atoms with van der Waals surface area (Å²) in [6, 6.07) is 0. The number of rotatable bonds is 5. The zero-order valence-electron chi connectivity index (χ0n) is 7.19. The summed E-state index contributed by atoms with van der Waals surface area (Å²) in [6.45, 7) is 11.9. The summed E-state index contributed by atoms with van der Waals surface area (Å²) < 4.78 is 0. The molecule has 0 saturated heterocycles. The Bertz CT molecular complexity index is 111. The highest BCUT2D eigenvalue weighted by Gasteiger charge is 2.01. The van der Waals surface area contributed by atoms with Gasteiger partial charge in [0, 0.05) is 0 Å². The molecule has 0 rings (SSSR count).